The fourth-order valence-electron chi connectivity index (χ4n) is 2.38. The van der Waals surface area contributed by atoms with Gasteiger partial charge < -0.3 is 10.1 Å². The summed E-state index contributed by atoms with van der Waals surface area (Å²) in [6.07, 6.45) is 2.16. The lowest BCUT2D eigenvalue weighted by Gasteiger charge is -2.07. The number of nitrogens with one attached hydrogen (secondary N) is 1. The van der Waals surface area contributed by atoms with Crippen LogP contribution in [0.3, 0.4) is 0 Å². The van der Waals surface area contributed by atoms with Crippen LogP contribution in [0.25, 0.3) is 11.0 Å². The van der Waals surface area contributed by atoms with Crippen LogP contribution in [0.1, 0.15) is 5.56 Å². The predicted octanol–water partition coefficient (Wildman–Crippen LogP) is 3.03. The lowest BCUT2D eigenvalue weighted by Crippen LogP contribution is -2.18. The van der Waals surface area contributed by atoms with E-state index in [9.17, 15) is 17.6 Å². The molecule has 0 saturated carbocycles. The molecule has 0 spiro atoms. The fraction of sp³-hybridized carbons (Fsp3) is 0.125. The van der Waals surface area contributed by atoms with Gasteiger partial charge >= 0.3 is 6.09 Å². The summed E-state index contributed by atoms with van der Waals surface area (Å²) in [5, 5.41) is 2.31. The van der Waals surface area contributed by atoms with Gasteiger partial charge in [0.25, 0.3) is 10.0 Å². The molecule has 0 radical (unpaired) electrons. The largest absolute Gasteiger partial charge is 0.445 e. The van der Waals surface area contributed by atoms with Gasteiger partial charge in [0.15, 0.2) is 0 Å². The zero-order chi connectivity index (χ0) is 18.9. The van der Waals surface area contributed by atoms with Crippen LogP contribution in [-0.4, -0.2) is 30.5 Å². The minimum absolute atomic E-state index is 0.170. The van der Waals surface area contributed by atoms with Crippen molar-refractivity contribution < 1.29 is 22.3 Å². The molecule has 10 heteroatoms. The number of benzene rings is 1. The number of pyridine rings is 1. The van der Waals surface area contributed by atoms with Gasteiger partial charge in [0, 0.05) is 29.5 Å². The van der Waals surface area contributed by atoms with Gasteiger partial charge in [-0.15, -0.1) is 0 Å². The van der Waals surface area contributed by atoms with Crippen molar-refractivity contribution in [2.24, 2.45) is 0 Å². The molecule has 7 nitrogen and oxygen atoms in total. The molecule has 0 aliphatic rings. The van der Waals surface area contributed by atoms with Crippen molar-refractivity contribution in [2.75, 3.05) is 7.05 Å². The summed E-state index contributed by atoms with van der Waals surface area (Å²) >= 11 is 3.26. The smallest absolute Gasteiger partial charge is 0.407 e. The Morgan fingerprint density at radius 2 is 2.15 bits per heavy atom. The number of halogens is 2. The second kappa shape index (κ2) is 7.04. The first-order valence-corrected chi connectivity index (χ1v) is 9.57. The first-order valence-electron chi connectivity index (χ1n) is 7.34. The van der Waals surface area contributed by atoms with Crippen LogP contribution in [0, 0.1) is 5.82 Å². The van der Waals surface area contributed by atoms with Crippen LogP contribution in [0.4, 0.5) is 9.18 Å². The number of amides is 1. The van der Waals surface area contributed by atoms with E-state index in [-0.39, 0.29) is 17.0 Å². The number of rotatable bonds is 4. The molecule has 0 aliphatic carbocycles. The molecule has 1 aromatic carbocycles. The van der Waals surface area contributed by atoms with Crippen molar-refractivity contribution in [3.8, 4) is 0 Å². The minimum atomic E-state index is -4.07. The maximum Gasteiger partial charge on any atom is 0.407 e. The molecule has 1 amide bonds. The lowest BCUT2D eigenvalue weighted by atomic mass is 10.3. The zero-order valence-electron chi connectivity index (χ0n) is 13.4. The maximum atomic E-state index is 13.5. The predicted molar refractivity (Wildman–Crippen MR) is 95.7 cm³/mol. The molecular formula is C16H13BrFN3O4S. The van der Waals surface area contributed by atoms with Crippen molar-refractivity contribution in [1.82, 2.24) is 14.3 Å². The topological polar surface area (TPSA) is 90.3 Å². The SMILES string of the molecule is CNC(=O)OCc1cn(S(=O)(=O)c2cccc(F)c2)c2cc(Br)cnc12. The Morgan fingerprint density at radius 1 is 1.38 bits per heavy atom. The van der Waals surface area contributed by atoms with Crippen molar-refractivity contribution in [3.05, 3.63) is 58.6 Å². The Morgan fingerprint density at radius 3 is 2.85 bits per heavy atom. The van der Waals surface area contributed by atoms with Gasteiger partial charge in [-0.1, -0.05) is 6.07 Å². The molecule has 136 valence electrons. The summed E-state index contributed by atoms with van der Waals surface area (Å²) in [7, 11) is -2.66. The van der Waals surface area contributed by atoms with E-state index in [1.54, 1.807) is 6.07 Å². The Bertz CT molecular complexity index is 1100. The summed E-state index contributed by atoms with van der Waals surface area (Å²) in [4.78, 5) is 15.3. The summed E-state index contributed by atoms with van der Waals surface area (Å²) in [6.45, 7) is -0.170. The Balaban J connectivity index is 2.16. The number of hydrogen-bond acceptors (Lipinski definition) is 5. The van der Waals surface area contributed by atoms with E-state index < -0.39 is 21.9 Å². The third kappa shape index (κ3) is 3.42. The van der Waals surface area contributed by atoms with E-state index in [2.05, 4.69) is 26.2 Å². The highest BCUT2D eigenvalue weighted by Gasteiger charge is 2.23. The van der Waals surface area contributed by atoms with Crippen LogP contribution >= 0.6 is 15.9 Å². The Labute approximate surface area is 157 Å². The van der Waals surface area contributed by atoms with Gasteiger partial charge in [0.1, 0.15) is 12.4 Å². The summed E-state index contributed by atoms with van der Waals surface area (Å²) in [5.74, 6) is -0.662. The molecule has 1 N–H and O–H groups in total. The maximum absolute atomic E-state index is 13.5. The third-order valence-electron chi connectivity index (χ3n) is 3.56. The second-order valence-corrected chi connectivity index (χ2v) is 7.99. The highest BCUT2D eigenvalue weighted by atomic mass is 79.9. The lowest BCUT2D eigenvalue weighted by molar-refractivity contribution is 0.142. The number of carbonyl (C=O) groups excluding carboxylic acids is 1. The highest BCUT2D eigenvalue weighted by molar-refractivity contribution is 9.10. The standard InChI is InChI=1S/C16H13BrFN3O4S/c1-19-16(22)25-9-10-8-21(14-5-11(17)7-20-15(10)14)26(23,24)13-4-2-3-12(18)6-13/h2-8H,9H2,1H3,(H,19,22). The second-order valence-electron chi connectivity index (χ2n) is 5.26. The molecule has 0 fully saturated rings. The van der Waals surface area contributed by atoms with Gasteiger partial charge in [-0.3, -0.25) is 4.98 Å². The van der Waals surface area contributed by atoms with Gasteiger partial charge in [0.2, 0.25) is 0 Å². The quantitative estimate of drug-likeness (QED) is 0.671. The molecule has 2 aromatic heterocycles. The Hall–Kier alpha value is -2.46. The number of aromatic nitrogens is 2. The molecule has 0 aliphatic heterocycles. The van der Waals surface area contributed by atoms with Crippen LogP contribution in [0.5, 0.6) is 0 Å². The first kappa shape index (κ1) is 18.3. The minimum Gasteiger partial charge on any atom is -0.445 e. The van der Waals surface area contributed by atoms with Crippen molar-refractivity contribution >= 4 is 43.1 Å². The van der Waals surface area contributed by atoms with Gasteiger partial charge in [-0.05, 0) is 40.2 Å². The monoisotopic (exact) mass is 441 g/mol. The third-order valence-corrected chi connectivity index (χ3v) is 5.67. The average Bonchev–Trinajstić information content (AvgIpc) is 2.98. The number of carbonyl (C=O) groups is 1. The average molecular weight is 442 g/mol. The van der Waals surface area contributed by atoms with Crippen LogP contribution in [-0.2, 0) is 21.4 Å². The van der Waals surface area contributed by atoms with Crippen molar-refractivity contribution in [3.63, 3.8) is 0 Å². The fourth-order valence-corrected chi connectivity index (χ4v) is 4.10. The molecular weight excluding hydrogens is 429 g/mol. The number of fused-ring (bicyclic) bond motifs is 1. The van der Waals surface area contributed by atoms with E-state index in [1.807, 2.05) is 0 Å². The van der Waals surface area contributed by atoms with Crippen molar-refractivity contribution in [2.45, 2.75) is 11.5 Å². The van der Waals surface area contributed by atoms with Gasteiger partial charge in [-0.25, -0.2) is 21.6 Å². The van der Waals surface area contributed by atoms with Crippen molar-refractivity contribution in [1.29, 1.82) is 0 Å². The van der Waals surface area contributed by atoms with E-state index in [1.165, 1.54) is 31.6 Å². The van der Waals surface area contributed by atoms with E-state index in [0.29, 0.717) is 15.6 Å². The normalized spacial score (nSPS) is 11.5. The van der Waals surface area contributed by atoms with E-state index >= 15 is 0 Å². The van der Waals surface area contributed by atoms with Crippen LogP contribution in [0.15, 0.2) is 52.1 Å². The number of alkyl carbamates (subject to hydrolysis) is 1. The van der Waals surface area contributed by atoms with Crippen LogP contribution in [0.2, 0.25) is 0 Å². The molecule has 0 saturated heterocycles. The molecule has 3 rings (SSSR count). The molecule has 2 heterocycles. The van der Waals surface area contributed by atoms with Gasteiger partial charge in [0.05, 0.1) is 15.9 Å². The van der Waals surface area contributed by atoms with E-state index in [4.69, 9.17) is 4.74 Å². The molecule has 3 aromatic rings. The highest BCUT2D eigenvalue weighted by Crippen LogP contribution is 2.27. The zero-order valence-corrected chi connectivity index (χ0v) is 15.8. The summed E-state index contributed by atoms with van der Waals surface area (Å²) < 4.78 is 46.0. The molecule has 26 heavy (non-hydrogen) atoms. The first-order chi connectivity index (χ1) is 12.3. The van der Waals surface area contributed by atoms with Gasteiger partial charge in [-0.2, -0.15) is 0 Å². The number of ether oxygens (including phenoxy) is 1. The van der Waals surface area contributed by atoms with Crippen LogP contribution < -0.4 is 5.32 Å². The number of hydrogen-bond donors (Lipinski definition) is 1. The van der Waals surface area contributed by atoms with E-state index in [0.717, 1.165) is 16.1 Å². The summed E-state index contributed by atoms with van der Waals surface area (Å²) in [6, 6.07) is 6.29. The Kier molecular flexibility index (Phi) is 4.97. The molecule has 0 bridgehead atoms. The number of nitrogens with zero attached hydrogens (tertiary/aromatic N) is 2. The molecule has 0 unspecified atom stereocenters. The summed E-state index contributed by atoms with van der Waals surface area (Å²) in [5.41, 5.74) is 1.03. The molecule has 0 atom stereocenters.